The molecule has 105 heavy (non-hydrogen) atoms. The maximum Gasteiger partial charge on any atom is 0.338 e. The van der Waals surface area contributed by atoms with Gasteiger partial charge in [-0.15, -0.1) is 0 Å². The van der Waals surface area contributed by atoms with Crippen molar-refractivity contribution in [2.24, 2.45) is 0 Å². The van der Waals surface area contributed by atoms with E-state index >= 15 is 0 Å². The Kier molecular flexibility index (Phi) is 32.5. The number of esters is 2. The lowest BCUT2D eigenvalue weighted by Gasteiger charge is -2.26. The third-order valence-corrected chi connectivity index (χ3v) is 19.1. The second-order valence-corrected chi connectivity index (χ2v) is 30.9. The fourth-order valence-electron chi connectivity index (χ4n) is 9.55. The molecule has 2 aliphatic rings. The van der Waals surface area contributed by atoms with Crippen LogP contribution in [0.2, 0.25) is 0 Å². The van der Waals surface area contributed by atoms with E-state index < -0.39 is 46.4 Å². The van der Waals surface area contributed by atoms with E-state index in [0.717, 1.165) is 60.5 Å². The van der Waals surface area contributed by atoms with Gasteiger partial charge in [-0.3, -0.25) is 14.1 Å². The maximum absolute atomic E-state index is 13.2. The lowest BCUT2D eigenvalue weighted by molar-refractivity contribution is -0.152. The van der Waals surface area contributed by atoms with E-state index in [-0.39, 0.29) is 34.2 Å². The quantitative estimate of drug-likeness (QED) is 0.0110. The number of fused-ring (bicyclic) bond motifs is 2. The molecule has 4 aromatic heterocycles. The number of carbonyl (C=O) groups excluding carboxylic acids is 4. The Hall–Kier alpha value is -9.95. The van der Waals surface area contributed by atoms with Crippen LogP contribution in [0.5, 0.6) is 11.5 Å². The lowest BCUT2D eigenvalue weighted by Crippen LogP contribution is -2.29. The van der Waals surface area contributed by atoms with E-state index in [2.05, 4.69) is 72.1 Å². The van der Waals surface area contributed by atoms with Gasteiger partial charge in [0.2, 0.25) is 43.8 Å². The number of nitrogens with one attached hydrogen (secondary N) is 4. The smallest absolute Gasteiger partial charge is 0.338 e. The van der Waals surface area contributed by atoms with E-state index in [9.17, 15) is 44.4 Å². The number of hydrogen-bond acceptors (Lipinski definition) is 24. The minimum absolute atomic E-state index is 0.280. The second-order valence-electron chi connectivity index (χ2n) is 23.3. The average Bonchev–Trinajstić information content (AvgIpc) is 1.62. The molecular weight excluding hydrogens is 1480 g/mol. The Morgan fingerprint density at radius 1 is 0.600 bits per heavy atom. The van der Waals surface area contributed by atoms with Gasteiger partial charge in [-0.2, -0.15) is 13.7 Å². The zero-order chi connectivity index (χ0) is 78.1. The number of ether oxygens (including phenoxy) is 3. The molecule has 2 amide bonds. The highest BCUT2D eigenvalue weighted by Gasteiger charge is 2.39. The van der Waals surface area contributed by atoms with Gasteiger partial charge in [0.05, 0.1) is 93.6 Å². The zero-order valence-electron chi connectivity index (χ0n) is 59.5. The van der Waals surface area contributed by atoms with Gasteiger partial charge in [0.1, 0.15) is 11.5 Å². The molecule has 8 aromatic rings. The molecule has 0 radical (unpaired) electrons. The molecule has 35 heteroatoms. The fraction of sp³-hybridized carbons (Fsp3) is 0.300. The molecule has 2 fully saturated rings. The molecule has 0 bridgehead atoms. The minimum Gasteiger partial charge on any atom is -0.494 e. The molecule has 562 valence electrons. The highest BCUT2D eigenvalue weighted by molar-refractivity contribution is 7.91. The molecule has 0 aliphatic heterocycles. The van der Waals surface area contributed by atoms with Gasteiger partial charge in [-0.05, 0) is 102 Å². The highest BCUT2D eigenvalue weighted by Crippen LogP contribution is 2.42. The molecule has 10 rings (SSSR count). The number of hydrogen-bond donors (Lipinski definition) is 5. The van der Waals surface area contributed by atoms with E-state index in [1.165, 1.54) is 27.0 Å². The van der Waals surface area contributed by atoms with Gasteiger partial charge in [0.15, 0.2) is 4.30 Å². The van der Waals surface area contributed by atoms with Gasteiger partial charge in [0.25, 0.3) is 10.1 Å². The second kappa shape index (κ2) is 39.8. The zero-order valence-corrected chi connectivity index (χ0v) is 64.2. The van der Waals surface area contributed by atoms with Crippen molar-refractivity contribution in [1.82, 2.24) is 37.7 Å². The normalized spacial score (nSPS) is 12.2. The summed E-state index contributed by atoms with van der Waals surface area (Å²) in [5, 5.41) is 20.4. The van der Waals surface area contributed by atoms with Crippen molar-refractivity contribution in [3.8, 4) is 40.1 Å². The molecule has 0 unspecified atom stereocenters. The van der Waals surface area contributed by atoms with Gasteiger partial charge < -0.3 is 55.1 Å². The monoisotopic (exact) mass is 1560 g/mol. The van der Waals surface area contributed by atoms with Crippen molar-refractivity contribution < 1.29 is 63.2 Å². The summed E-state index contributed by atoms with van der Waals surface area (Å²) in [5.41, 5.74) is 7.48. The first-order valence-corrected chi connectivity index (χ1v) is 37.8. The number of amides is 2. The lowest BCUT2D eigenvalue weighted by atomic mass is 10.1. The van der Waals surface area contributed by atoms with Crippen LogP contribution in [-0.2, 0) is 54.1 Å². The maximum atomic E-state index is 13.2. The van der Waals surface area contributed by atoms with Crippen LogP contribution in [0.4, 0.5) is 46.0 Å². The number of likely N-dealkylation sites (N-methyl/N-ethyl adjacent to an activating group) is 4. The SMILES string of the molecule is C=CC(=O)Nc1cc(Nc2nccc(-c3cn(S(=O)(=O)C4CC4)c4ccccc34)n2)c(OC)cc1N(C)CCN(C)C.C=CC(=O)Nc1cc(Nc2nccc(-c3cn(S(=O)(=O)C4CC4)c4ccccc34)n2)c(OC)cc1N(C)CCN(C)C.C=CC(=O)OC(=O)C=C.CC#N.CS(=O)(=O)O.ClC(Cl)Cl. The summed E-state index contributed by atoms with van der Waals surface area (Å²) in [6.07, 6.45) is 14.2. The number of rotatable bonds is 26. The van der Waals surface area contributed by atoms with Gasteiger partial charge in [-0.25, -0.2) is 54.3 Å². The summed E-state index contributed by atoms with van der Waals surface area (Å²) in [4.78, 5) is 71.4. The molecule has 5 N–H and O–H groups in total. The number of halogens is 3. The van der Waals surface area contributed by atoms with Crippen molar-refractivity contribution >= 4 is 157 Å². The number of nitrogens with zero attached hydrogens (tertiary/aromatic N) is 11. The summed E-state index contributed by atoms with van der Waals surface area (Å²) >= 11 is 14.4. The Bertz CT molecular complexity index is 4540. The van der Waals surface area contributed by atoms with Gasteiger partial charge in [-0.1, -0.05) is 97.5 Å². The number of nitriles is 1. The van der Waals surface area contributed by atoms with Crippen LogP contribution >= 0.6 is 34.8 Å². The van der Waals surface area contributed by atoms with Crippen molar-refractivity contribution in [2.75, 3.05) is 120 Å². The number of para-hydroxylation sites is 2. The first-order valence-electron chi connectivity index (χ1n) is 31.7. The molecule has 2 aliphatic carbocycles. The van der Waals surface area contributed by atoms with Crippen molar-refractivity contribution in [2.45, 2.75) is 47.4 Å². The molecule has 0 atom stereocenters. The number of aromatic nitrogens is 6. The van der Waals surface area contributed by atoms with Crippen LogP contribution in [-0.4, -0.2) is 195 Å². The number of benzene rings is 4. The van der Waals surface area contributed by atoms with Gasteiger partial charge in [0, 0.05) is 118 Å². The molecule has 2 saturated carbocycles. The summed E-state index contributed by atoms with van der Waals surface area (Å²) < 4.78 is 96.0. The van der Waals surface area contributed by atoms with Crippen LogP contribution < -0.4 is 40.5 Å². The molecule has 4 heterocycles. The predicted molar refractivity (Wildman–Crippen MR) is 416 cm³/mol. The summed E-state index contributed by atoms with van der Waals surface area (Å²) in [6.45, 7) is 17.8. The van der Waals surface area contributed by atoms with Crippen LogP contribution in [0, 0.1) is 11.3 Å². The predicted octanol–water partition coefficient (Wildman–Crippen LogP) is 11.1. The average molecular weight is 1560 g/mol. The first-order chi connectivity index (χ1) is 49.6. The van der Waals surface area contributed by atoms with Crippen LogP contribution in [0.15, 0.2) is 160 Å². The Balaban J connectivity index is 0.000000297. The summed E-state index contributed by atoms with van der Waals surface area (Å²) in [6, 6.07) is 27.3. The van der Waals surface area contributed by atoms with Gasteiger partial charge >= 0.3 is 11.9 Å². The number of methoxy groups -OCH3 is 2. The number of carbonyl (C=O) groups is 4. The van der Waals surface area contributed by atoms with Crippen molar-refractivity contribution in [3.63, 3.8) is 0 Å². The molecule has 4 aromatic carbocycles. The fourth-order valence-corrected chi connectivity index (χ4v) is 13.0. The molecule has 0 saturated heterocycles. The van der Waals surface area contributed by atoms with Crippen LogP contribution in [0.3, 0.4) is 0 Å². The standard InChI is InChI=1S/2C30H35N7O4S.C6H6O3.C2H3N.CHCl3.CH4O3S/c2*1-6-29(38)32-24-17-25(28(41-5)18-27(24)36(4)16-15-35(2)3)34-30-31-14-13-23(33-30)22-19-37(42(39,40)20-11-12-20)26-10-8-7-9-21(22)26;1-3-5(7)9-6(8)4-2;1-2-3;2-1(3)4;1-5(2,3)4/h2*6-10,13-14,17-20H,1,11-12,15-16H2,2-5H3,(H,32,38)(H,31,33,34);3-4H,1-2H2;1H3;1H;1H3,(H,2,3,4). The Labute approximate surface area is 626 Å². The number of alkyl halides is 3. The summed E-state index contributed by atoms with van der Waals surface area (Å²) in [7, 11) is 4.38. The largest absolute Gasteiger partial charge is 0.494 e. The minimum atomic E-state index is -3.67. The van der Waals surface area contributed by atoms with E-state index in [1.807, 2.05) is 101 Å². The molecule has 29 nitrogen and oxygen atoms in total. The third-order valence-electron chi connectivity index (χ3n) is 14.8. The Morgan fingerprint density at radius 3 is 1.23 bits per heavy atom. The highest BCUT2D eigenvalue weighted by atomic mass is 35.6. The first kappa shape index (κ1) is 85.7. The van der Waals surface area contributed by atoms with Crippen molar-refractivity contribution in [1.29, 1.82) is 5.26 Å². The topological polar surface area (TPSA) is 365 Å². The van der Waals surface area contributed by atoms with E-state index in [0.29, 0.717) is 99.7 Å². The van der Waals surface area contributed by atoms with Crippen LogP contribution in [0.25, 0.3) is 44.3 Å². The molecule has 0 spiro atoms. The third kappa shape index (κ3) is 25.7. The molecular formula is C70H84Cl3N15O14S3. The van der Waals surface area contributed by atoms with E-state index in [4.69, 9.17) is 64.1 Å². The van der Waals surface area contributed by atoms with Crippen molar-refractivity contribution in [3.05, 3.63) is 160 Å². The van der Waals surface area contributed by atoms with E-state index in [1.54, 1.807) is 81.5 Å². The van der Waals surface area contributed by atoms with Crippen LogP contribution in [0.1, 0.15) is 32.6 Å². The Morgan fingerprint density at radius 2 is 0.933 bits per heavy atom. The summed E-state index contributed by atoms with van der Waals surface area (Å²) in [5.74, 6) is -0.600. The number of anilines is 8.